The van der Waals surface area contributed by atoms with Gasteiger partial charge < -0.3 is 15.4 Å². The first kappa shape index (κ1) is 13.9. The molecular weight excluding hydrogens is 240 g/mol. The van der Waals surface area contributed by atoms with Gasteiger partial charge in [-0.2, -0.15) is 0 Å². The summed E-state index contributed by atoms with van der Waals surface area (Å²) in [6.45, 7) is 5.92. The number of carbonyl (C=O) groups excluding carboxylic acids is 1. The zero-order chi connectivity index (χ0) is 13.8. The van der Waals surface area contributed by atoms with Crippen LogP contribution in [0, 0.1) is 18.8 Å². The van der Waals surface area contributed by atoms with Crippen LogP contribution in [0.3, 0.4) is 0 Å². The standard InChI is InChI=1S/C15H22N2O2/c1-10-6-12(9-16-8-10)15(18)17-13-4-5-14(19-3)11(2)7-13/h4-5,7,10,12,16H,6,8-9H2,1-3H3,(H,17,18). The van der Waals surface area contributed by atoms with Gasteiger partial charge in [-0.25, -0.2) is 0 Å². The van der Waals surface area contributed by atoms with Gasteiger partial charge in [-0.3, -0.25) is 4.79 Å². The largest absolute Gasteiger partial charge is 0.496 e. The fraction of sp³-hybridized carbons (Fsp3) is 0.533. The van der Waals surface area contributed by atoms with E-state index in [0.717, 1.165) is 36.5 Å². The van der Waals surface area contributed by atoms with Crippen molar-refractivity contribution in [2.24, 2.45) is 11.8 Å². The van der Waals surface area contributed by atoms with Crippen molar-refractivity contribution in [1.29, 1.82) is 0 Å². The van der Waals surface area contributed by atoms with E-state index in [1.807, 2.05) is 25.1 Å². The van der Waals surface area contributed by atoms with Crippen LogP contribution < -0.4 is 15.4 Å². The molecule has 104 valence electrons. The monoisotopic (exact) mass is 262 g/mol. The molecule has 0 aliphatic carbocycles. The van der Waals surface area contributed by atoms with E-state index in [2.05, 4.69) is 17.6 Å². The molecule has 1 fully saturated rings. The number of piperidine rings is 1. The Balaban J connectivity index is 2.00. The van der Waals surface area contributed by atoms with Gasteiger partial charge in [0.2, 0.25) is 5.91 Å². The number of nitrogens with one attached hydrogen (secondary N) is 2. The molecule has 0 saturated carbocycles. The molecule has 1 aromatic carbocycles. The molecule has 1 heterocycles. The van der Waals surface area contributed by atoms with E-state index in [1.165, 1.54) is 0 Å². The SMILES string of the molecule is COc1ccc(NC(=O)C2CNCC(C)C2)cc1C. The van der Waals surface area contributed by atoms with Crippen LogP contribution in [0.1, 0.15) is 18.9 Å². The minimum absolute atomic E-state index is 0.0613. The number of carbonyl (C=O) groups is 1. The summed E-state index contributed by atoms with van der Waals surface area (Å²) in [5.41, 5.74) is 1.86. The van der Waals surface area contributed by atoms with Crippen molar-refractivity contribution in [2.75, 3.05) is 25.5 Å². The van der Waals surface area contributed by atoms with Gasteiger partial charge in [-0.15, -0.1) is 0 Å². The maximum atomic E-state index is 12.2. The molecule has 0 bridgehead atoms. The second-order valence-electron chi connectivity index (χ2n) is 5.37. The molecule has 1 aromatic rings. The van der Waals surface area contributed by atoms with E-state index in [1.54, 1.807) is 7.11 Å². The summed E-state index contributed by atoms with van der Waals surface area (Å²) in [5, 5.41) is 6.29. The predicted molar refractivity (Wildman–Crippen MR) is 76.5 cm³/mol. The molecule has 0 spiro atoms. The molecule has 4 nitrogen and oxygen atoms in total. The van der Waals surface area contributed by atoms with Crippen LogP contribution in [0.5, 0.6) is 5.75 Å². The normalized spacial score (nSPS) is 22.9. The zero-order valence-electron chi connectivity index (χ0n) is 11.8. The van der Waals surface area contributed by atoms with E-state index in [-0.39, 0.29) is 11.8 Å². The highest BCUT2D eigenvalue weighted by molar-refractivity contribution is 5.93. The predicted octanol–water partition coefficient (Wildman–Crippen LogP) is 2.19. The maximum absolute atomic E-state index is 12.2. The molecule has 1 amide bonds. The number of amides is 1. The lowest BCUT2D eigenvalue weighted by Crippen LogP contribution is -2.40. The summed E-state index contributed by atoms with van der Waals surface area (Å²) in [5.74, 6) is 1.56. The summed E-state index contributed by atoms with van der Waals surface area (Å²) >= 11 is 0. The van der Waals surface area contributed by atoms with Crippen LogP contribution in [0.25, 0.3) is 0 Å². The van der Waals surface area contributed by atoms with E-state index in [0.29, 0.717) is 5.92 Å². The van der Waals surface area contributed by atoms with Crippen LogP contribution >= 0.6 is 0 Å². The fourth-order valence-electron chi connectivity index (χ4n) is 2.56. The van der Waals surface area contributed by atoms with Gasteiger partial charge >= 0.3 is 0 Å². The van der Waals surface area contributed by atoms with Crippen molar-refractivity contribution < 1.29 is 9.53 Å². The smallest absolute Gasteiger partial charge is 0.228 e. The molecular formula is C15H22N2O2. The van der Waals surface area contributed by atoms with Crippen LogP contribution in [0.2, 0.25) is 0 Å². The third-order valence-corrected chi connectivity index (χ3v) is 3.60. The van der Waals surface area contributed by atoms with Gasteiger partial charge in [0.25, 0.3) is 0 Å². The van der Waals surface area contributed by atoms with Gasteiger partial charge in [-0.1, -0.05) is 6.92 Å². The second-order valence-corrected chi connectivity index (χ2v) is 5.37. The topological polar surface area (TPSA) is 50.4 Å². The molecule has 1 aliphatic heterocycles. The number of anilines is 1. The van der Waals surface area contributed by atoms with E-state index in [4.69, 9.17) is 4.74 Å². The molecule has 2 N–H and O–H groups in total. The van der Waals surface area contributed by atoms with Gasteiger partial charge in [0.1, 0.15) is 5.75 Å². The Kier molecular flexibility index (Phi) is 4.43. The van der Waals surface area contributed by atoms with Crippen molar-refractivity contribution in [2.45, 2.75) is 20.3 Å². The molecule has 19 heavy (non-hydrogen) atoms. The Labute approximate surface area is 114 Å². The highest BCUT2D eigenvalue weighted by Crippen LogP contribution is 2.23. The molecule has 4 heteroatoms. The quantitative estimate of drug-likeness (QED) is 0.878. The highest BCUT2D eigenvalue weighted by atomic mass is 16.5. The third kappa shape index (κ3) is 3.47. The van der Waals surface area contributed by atoms with E-state index >= 15 is 0 Å². The maximum Gasteiger partial charge on any atom is 0.228 e. The minimum Gasteiger partial charge on any atom is -0.496 e. The second kappa shape index (κ2) is 6.06. The molecule has 1 aliphatic rings. The van der Waals surface area contributed by atoms with Crippen molar-refractivity contribution in [1.82, 2.24) is 5.32 Å². The Bertz CT molecular complexity index is 459. The first-order valence-electron chi connectivity index (χ1n) is 6.76. The summed E-state index contributed by atoms with van der Waals surface area (Å²) in [6, 6.07) is 5.70. The van der Waals surface area contributed by atoms with Gasteiger partial charge in [0.05, 0.1) is 13.0 Å². The molecule has 0 aromatic heterocycles. The summed E-state index contributed by atoms with van der Waals surface area (Å²) in [4.78, 5) is 12.2. The molecule has 2 rings (SSSR count). The van der Waals surface area contributed by atoms with Crippen LogP contribution in [0.15, 0.2) is 18.2 Å². The average Bonchev–Trinajstić information content (AvgIpc) is 2.39. The van der Waals surface area contributed by atoms with Crippen molar-refractivity contribution >= 4 is 11.6 Å². The van der Waals surface area contributed by atoms with Gasteiger partial charge in [0, 0.05) is 12.2 Å². The summed E-state index contributed by atoms with van der Waals surface area (Å²) in [7, 11) is 1.65. The average molecular weight is 262 g/mol. The Hall–Kier alpha value is -1.55. The van der Waals surface area contributed by atoms with Crippen LogP contribution in [0.4, 0.5) is 5.69 Å². The first-order valence-corrected chi connectivity index (χ1v) is 6.76. The summed E-state index contributed by atoms with van der Waals surface area (Å²) < 4.78 is 5.21. The number of hydrogen-bond donors (Lipinski definition) is 2. The zero-order valence-corrected chi connectivity index (χ0v) is 11.8. The van der Waals surface area contributed by atoms with Crippen molar-refractivity contribution in [3.63, 3.8) is 0 Å². The van der Waals surface area contributed by atoms with E-state index in [9.17, 15) is 4.79 Å². The van der Waals surface area contributed by atoms with Crippen LogP contribution in [-0.4, -0.2) is 26.1 Å². The lowest BCUT2D eigenvalue weighted by Gasteiger charge is -2.26. The molecule has 2 atom stereocenters. The summed E-state index contributed by atoms with van der Waals surface area (Å²) in [6.07, 6.45) is 0.952. The molecule has 0 radical (unpaired) electrons. The number of ether oxygens (including phenoxy) is 1. The number of benzene rings is 1. The Morgan fingerprint density at radius 1 is 1.42 bits per heavy atom. The number of rotatable bonds is 3. The Morgan fingerprint density at radius 2 is 2.21 bits per heavy atom. The first-order chi connectivity index (χ1) is 9.10. The lowest BCUT2D eigenvalue weighted by molar-refractivity contribution is -0.120. The minimum atomic E-state index is 0.0613. The molecule has 2 unspecified atom stereocenters. The third-order valence-electron chi connectivity index (χ3n) is 3.60. The fourth-order valence-corrected chi connectivity index (χ4v) is 2.56. The van der Waals surface area contributed by atoms with Crippen LogP contribution in [-0.2, 0) is 4.79 Å². The van der Waals surface area contributed by atoms with Crippen molar-refractivity contribution in [3.05, 3.63) is 23.8 Å². The number of hydrogen-bond acceptors (Lipinski definition) is 3. The number of methoxy groups -OCH3 is 1. The van der Waals surface area contributed by atoms with Gasteiger partial charge in [0.15, 0.2) is 0 Å². The van der Waals surface area contributed by atoms with Crippen molar-refractivity contribution in [3.8, 4) is 5.75 Å². The highest BCUT2D eigenvalue weighted by Gasteiger charge is 2.24. The lowest BCUT2D eigenvalue weighted by atomic mass is 9.91. The molecule has 1 saturated heterocycles. The van der Waals surface area contributed by atoms with Gasteiger partial charge in [-0.05, 0) is 49.6 Å². The van der Waals surface area contributed by atoms with E-state index < -0.39 is 0 Å². The Morgan fingerprint density at radius 3 is 2.84 bits per heavy atom. The number of aryl methyl sites for hydroxylation is 1.